The third kappa shape index (κ3) is 3.92. The second-order valence-corrected chi connectivity index (χ2v) is 9.21. The number of halogens is 1. The van der Waals surface area contributed by atoms with Gasteiger partial charge in [0.2, 0.25) is 5.91 Å². The number of carbonyl (C=O) groups excluding carboxylic acids is 2. The first kappa shape index (κ1) is 21.1. The van der Waals surface area contributed by atoms with Crippen LogP contribution >= 0.6 is 0 Å². The predicted octanol–water partition coefficient (Wildman–Crippen LogP) is 2.13. The Hall–Kier alpha value is -2.74. The summed E-state index contributed by atoms with van der Waals surface area (Å²) in [6.07, 6.45) is 4.12. The van der Waals surface area contributed by atoms with Crippen LogP contribution in [0.1, 0.15) is 41.0 Å². The molecule has 170 valence electrons. The molecule has 32 heavy (non-hydrogen) atoms. The molecule has 1 aliphatic carbocycles. The van der Waals surface area contributed by atoms with E-state index in [0.29, 0.717) is 31.6 Å². The van der Waals surface area contributed by atoms with Gasteiger partial charge in [0, 0.05) is 56.4 Å². The van der Waals surface area contributed by atoms with Crippen LogP contribution in [0.4, 0.5) is 4.39 Å². The molecule has 8 heteroatoms. The van der Waals surface area contributed by atoms with Crippen molar-refractivity contribution in [1.82, 2.24) is 24.5 Å². The molecule has 7 nitrogen and oxygen atoms in total. The van der Waals surface area contributed by atoms with Crippen LogP contribution in [0, 0.1) is 11.7 Å². The average Bonchev–Trinajstić information content (AvgIpc) is 3.43. The fraction of sp³-hybridized carbons (Fsp3) is 0.542. The number of fused-ring (bicyclic) bond motifs is 1. The molecule has 0 bridgehead atoms. The van der Waals surface area contributed by atoms with Crippen LogP contribution in [0.3, 0.4) is 0 Å². The lowest BCUT2D eigenvalue weighted by Crippen LogP contribution is -2.51. The number of likely N-dealkylation sites (N-methyl/N-ethyl adjacent to an activating group) is 1. The number of piperidine rings is 1. The molecule has 2 saturated heterocycles. The largest absolute Gasteiger partial charge is 0.340 e. The van der Waals surface area contributed by atoms with E-state index >= 15 is 0 Å². The van der Waals surface area contributed by atoms with Crippen LogP contribution < -0.4 is 0 Å². The Morgan fingerprint density at radius 3 is 2.31 bits per heavy atom. The Kier molecular flexibility index (Phi) is 5.71. The van der Waals surface area contributed by atoms with Gasteiger partial charge < -0.3 is 14.7 Å². The highest BCUT2D eigenvalue weighted by Gasteiger charge is 2.34. The van der Waals surface area contributed by atoms with Gasteiger partial charge in [-0.15, -0.1) is 0 Å². The normalized spacial score (nSPS) is 19.9. The smallest absolute Gasteiger partial charge is 0.274 e. The zero-order chi connectivity index (χ0) is 22.2. The maximum atomic E-state index is 13.4. The summed E-state index contributed by atoms with van der Waals surface area (Å²) in [5.74, 6) is -0.0889. The summed E-state index contributed by atoms with van der Waals surface area (Å²) in [6, 6.07) is 6.24. The maximum absolute atomic E-state index is 13.4. The van der Waals surface area contributed by atoms with Gasteiger partial charge in [0.15, 0.2) is 5.69 Å². The average molecular weight is 440 g/mol. The van der Waals surface area contributed by atoms with Crippen LogP contribution in [-0.4, -0.2) is 82.6 Å². The molecule has 2 aromatic rings. The molecule has 2 aliphatic heterocycles. The molecule has 0 unspecified atom stereocenters. The Balaban J connectivity index is 1.27. The van der Waals surface area contributed by atoms with Gasteiger partial charge in [0.05, 0.1) is 5.69 Å². The van der Waals surface area contributed by atoms with E-state index in [1.54, 1.807) is 16.8 Å². The molecule has 0 saturated carbocycles. The summed E-state index contributed by atoms with van der Waals surface area (Å²) in [7, 11) is 2.08. The van der Waals surface area contributed by atoms with Gasteiger partial charge in [-0.05, 0) is 63.4 Å². The van der Waals surface area contributed by atoms with Crippen LogP contribution in [0.2, 0.25) is 0 Å². The standard InChI is InChI=1S/C24H30FN5O2/c1-27-13-15-29(16-14-27)23(31)17-9-11-28(12-10-17)24(32)22-20-3-2-4-21(20)30(26-22)19-7-5-18(25)6-8-19/h5-8,17H,2-4,9-16H2,1H3. The topological polar surface area (TPSA) is 61.7 Å². The van der Waals surface area contributed by atoms with E-state index in [0.717, 1.165) is 62.4 Å². The summed E-state index contributed by atoms with van der Waals surface area (Å²) >= 11 is 0. The molecule has 5 rings (SSSR count). The van der Waals surface area contributed by atoms with E-state index in [2.05, 4.69) is 17.0 Å². The highest BCUT2D eigenvalue weighted by molar-refractivity contribution is 5.94. The molecule has 3 aliphatic rings. The zero-order valence-electron chi connectivity index (χ0n) is 18.6. The minimum absolute atomic E-state index is 0.00458. The Morgan fingerprint density at radius 2 is 1.62 bits per heavy atom. The predicted molar refractivity (Wildman–Crippen MR) is 118 cm³/mol. The molecule has 3 heterocycles. The zero-order valence-corrected chi connectivity index (χ0v) is 18.6. The number of likely N-dealkylation sites (tertiary alicyclic amines) is 1. The number of aromatic nitrogens is 2. The van der Waals surface area contributed by atoms with Crippen molar-refractivity contribution in [2.45, 2.75) is 32.1 Å². The summed E-state index contributed by atoms with van der Waals surface area (Å²) < 4.78 is 15.2. The molecule has 2 amide bonds. The van der Waals surface area contributed by atoms with E-state index in [9.17, 15) is 14.0 Å². The second-order valence-electron chi connectivity index (χ2n) is 9.21. The van der Waals surface area contributed by atoms with Gasteiger partial charge in [0.1, 0.15) is 5.82 Å². The number of rotatable bonds is 3. The van der Waals surface area contributed by atoms with Gasteiger partial charge in [-0.2, -0.15) is 5.10 Å². The van der Waals surface area contributed by atoms with Crippen LogP contribution in [0.15, 0.2) is 24.3 Å². The Labute approximate surface area is 187 Å². The Bertz CT molecular complexity index is 1000. The minimum Gasteiger partial charge on any atom is -0.340 e. The van der Waals surface area contributed by atoms with Crippen LogP contribution in [0.5, 0.6) is 0 Å². The fourth-order valence-corrected chi connectivity index (χ4v) is 5.17. The van der Waals surface area contributed by atoms with Crippen molar-refractivity contribution < 1.29 is 14.0 Å². The van der Waals surface area contributed by atoms with E-state index in [1.807, 2.05) is 9.80 Å². The van der Waals surface area contributed by atoms with Crippen LogP contribution in [0.25, 0.3) is 5.69 Å². The van der Waals surface area contributed by atoms with Gasteiger partial charge in [0.25, 0.3) is 5.91 Å². The first-order valence-electron chi connectivity index (χ1n) is 11.6. The van der Waals surface area contributed by atoms with Gasteiger partial charge >= 0.3 is 0 Å². The molecule has 1 aromatic carbocycles. The highest BCUT2D eigenvalue weighted by Crippen LogP contribution is 2.30. The third-order valence-corrected chi connectivity index (χ3v) is 7.15. The molecule has 0 radical (unpaired) electrons. The van der Waals surface area contributed by atoms with E-state index in [4.69, 9.17) is 0 Å². The summed E-state index contributed by atoms with van der Waals surface area (Å²) in [5.41, 5.74) is 3.38. The second kappa shape index (κ2) is 8.65. The number of piperazine rings is 1. The summed E-state index contributed by atoms with van der Waals surface area (Å²) in [4.78, 5) is 32.3. The summed E-state index contributed by atoms with van der Waals surface area (Å²) in [5, 5.41) is 4.66. The van der Waals surface area contributed by atoms with E-state index in [1.165, 1.54) is 12.1 Å². The molecule has 1 aromatic heterocycles. The number of nitrogens with zero attached hydrogens (tertiary/aromatic N) is 5. The van der Waals surface area contributed by atoms with Gasteiger partial charge in [-0.3, -0.25) is 9.59 Å². The summed E-state index contributed by atoms with van der Waals surface area (Å²) in [6.45, 7) is 4.60. The minimum atomic E-state index is -0.289. The quantitative estimate of drug-likeness (QED) is 0.735. The van der Waals surface area contributed by atoms with Crippen molar-refractivity contribution in [3.8, 4) is 5.69 Å². The highest BCUT2D eigenvalue weighted by atomic mass is 19.1. The fourth-order valence-electron chi connectivity index (χ4n) is 5.17. The number of carbonyl (C=O) groups is 2. The van der Waals surface area contributed by atoms with Crippen LogP contribution in [-0.2, 0) is 17.6 Å². The number of hydrogen-bond acceptors (Lipinski definition) is 4. The van der Waals surface area contributed by atoms with Crippen molar-refractivity contribution >= 4 is 11.8 Å². The monoisotopic (exact) mass is 439 g/mol. The number of hydrogen-bond donors (Lipinski definition) is 0. The van der Waals surface area contributed by atoms with Crippen molar-refractivity contribution in [1.29, 1.82) is 0 Å². The molecule has 0 atom stereocenters. The van der Waals surface area contributed by atoms with Crippen molar-refractivity contribution in [2.75, 3.05) is 46.3 Å². The van der Waals surface area contributed by atoms with Crippen molar-refractivity contribution in [3.63, 3.8) is 0 Å². The van der Waals surface area contributed by atoms with Crippen molar-refractivity contribution in [3.05, 3.63) is 47.0 Å². The van der Waals surface area contributed by atoms with E-state index < -0.39 is 0 Å². The molecule has 0 N–H and O–H groups in total. The van der Waals surface area contributed by atoms with Crippen molar-refractivity contribution in [2.24, 2.45) is 5.92 Å². The molecule has 2 fully saturated rings. The number of amides is 2. The first-order valence-corrected chi connectivity index (χ1v) is 11.6. The molecular weight excluding hydrogens is 409 g/mol. The third-order valence-electron chi connectivity index (χ3n) is 7.15. The van der Waals surface area contributed by atoms with E-state index in [-0.39, 0.29) is 23.5 Å². The molecule has 0 spiro atoms. The molecular formula is C24H30FN5O2. The lowest BCUT2D eigenvalue weighted by molar-refractivity contribution is -0.138. The lowest BCUT2D eigenvalue weighted by Gasteiger charge is -2.37. The lowest BCUT2D eigenvalue weighted by atomic mass is 9.94. The van der Waals surface area contributed by atoms with Gasteiger partial charge in [-0.1, -0.05) is 0 Å². The first-order chi connectivity index (χ1) is 15.5. The van der Waals surface area contributed by atoms with Gasteiger partial charge in [-0.25, -0.2) is 9.07 Å². The number of benzene rings is 1. The Morgan fingerprint density at radius 1 is 0.938 bits per heavy atom. The SMILES string of the molecule is CN1CCN(C(=O)C2CCN(C(=O)c3nn(-c4ccc(F)cc4)c4c3CCC4)CC2)CC1. The maximum Gasteiger partial charge on any atom is 0.274 e.